The van der Waals surface area contributed by atoms with Crippen LogP contribution in [-0.4, -0.2) is 31.5 Å². The van der Waals surface area contributed by atoms with E-state index in [1.807, 2.05) is 11.4 Å². The third kappa shape index (κ3) is 4.02. The number of anilines is 2. The molecule has 0 aromatic carbocycles. The number of nitrogens with one attached hydrogen (secondary N) is 1. The van der Waals surface area contributed by atoms with Gasteiger partial charge >= 0.3 is 0 Å². The van der Waals surface area contributed by atoms with E-state index in [4.69, 9.17) is 5.73 Å². The predicted molar refractivity (Wildman–Crippen MR) is 95.9 cm³/mol. The van der Waals surface area contributed by atoms with Crippen LogP contribution in [-0.2, 0) is 6.42 Å². The van der Waals surface area contributed by atoms with E-state index in [2.05, 4.69) is 44.1 Å². The smallest absolute Gasteiger partial charge is 0.222 e. The van der Waals surface area contributed by atoms with Crippen LogP contribution in [0.4, 0.5) is 11.8 Å². The highest BCUT2D eigenvalue weighted by Crippen LogP contribution is 2.20. The summed E-state index contributed by atoms with van der Waals surface area (Å²) in [7, 11) is 0. The SMILES string of the molecule is CC(C)c1cc(NCCc2csc(-c3ncccn3)n2)nc(N)n1. The van der Waals surface area contributed by atoms with Crippen LogP contribution in [0.5, 0.6) is 0 Å². The normalized spacial score (nSPS) is 11.0. The maximum atomic E-state index is 5.76. The lowest BCUT2D eigenvalue weighted by Gasteiger charge is -2.09. The van der Waals surface area contributed by atoms with Crippen molar-refractivity contribution in [1.29, 1.82) is 0 Å². The van der Waals surface area contributed by atoms with Crippen molar-refractivity contribution in [3.05, 3.63) is 41.3 Å². The fraction of sp³-hybridized carbons (Fsp3) is 0.312. The molecule has 0 radical (unpaired) electrons. The number of hydrogen-bond donors (Lipinski definition) is 2. The molecule has 7 nitrogen and oxygen atoms in total. The van der Waals surface area contributed by atoms with Gasteiger partial charge in [-0.1, -0.05) is 13.8 Å². The highest BCUT2D eigenvalue weighted by Gasteiger charge is 2.08. The van der Waals surface area contributed by atoms with Gasteiger partial charge in [0.15, 0.2) is 10.8 Å². The van der Waals surface area contributed by atoms with Crippen LogP contribution in [0, 0.1) is 0 Å². The first kappa shape index (κ1) is 16.3. The number of rotatable bonds is 6. The molecule has 0 spiro atoms. The average molecular weight is 341 g/mol. The quantitative estimate of drug-likeness (QED) is 0.710. The van der Waals surface area contributed by atoms with Crippen molar-refractivity contribution >= 4 is 23.1 Å². The summed E-state index contributed by atoms with van der Waals surface area (Å²) in [4.78, 5) is 21.5. The molecule has 0 fully saturated rings. The van der Waals surface area contributed by atoms with E-state index >= 15 is 0 Å². The Morgan fingerprint density at radius 1 is 1.17 bits per heavy atom. The standard InChI is InChI=1S/C16H19N7S/c1-10(2)12-8-13(23-16(17)22-12)18-7-4-11-9-24-15(21-11)14-19-5-3-6-20-14/h3,5-6,8-10H,4,7H2,1-2H3,(H3,17,18,22,23). The number of nitrogens with zero attached hydrogens (tertiary/aromatic N) is 5. The molecule has 124 valence electrons. The molecule has 3 rings (SSSR count). The van der Waals surface area contributed by atoms with Gasteiger partial charge in [-0.3, -0.25) is 0 Å². The molecule has 8 heteroatoms. The fourth-order valence-corrected chi connectivity index (χ4v) is 2.92. The summed E-state index contributed by atoms with van der Waals surface area (Å²) in [6.45, 7) is 4.87. The minimum atomic E-state index is 0.292. The first-order valence-electron chi connectivity index (χ1n) is 7.72. The van der Waals surface area contributed by atoms with Gasteiger partial charge < -0.3 is 11.1 Å². The molecule has 0 aliphatic heterocycles. The monoisotopic (exact) mass is 341 g/mol. The van der Waals surface area contributed by atoms with E-state index in [9.17, 15) is 0 Å². The molecular weight excluding hydrogens is 322 g/mol. The number of hydrogen-bond acceptors (Lipinski definition) is 8. The van der Waals surface area contributed by atoms with Crippen molar-refractivity contribution in [2.75, 3.05) is 17.6 Å². The molecule has 0 aliphatic carbocycles. The lowest BCUT2D eigenvalue weighted by atomic mass is 10.1. The van der Waals surface area contributed by atoms with Gasteiger partial charge in [0.1, 0.15) is 5.82 Å². The minimum Gasteiger partial charge on any atom is -0.370 e. The van der Waals surface area contributed by atoms with Crippen molar-refractivity contribution in [3.63, 3.8) is 0 Å². The second kappa shape index (κ2) is 7.31. The van der Waals surface area contributed by atoms with Crippen molar-refractivity contribution in [2.24, 2.45) is 0 Å². The van der Waals surface area contributed by atoms with Gasteiger partial charge in [0.05, 0.1) is 11.4 Å². The third-order valence-electron chi connectivity index (χ3n) is 3.35. The summed E-state index contributed by atoms with van der Waals surface area (Å²) in [5, 5.41) is 6.14. The van der Waals surface area contributed by atoms with Crippen LogP contribution >= 0.6 is 11.3 Å². The zero-order valence-electron chi connectivity index (χ0n) is 13.6. The van der Waals surface area contributed by atoms with Gasteiger partial charge in [-0.25, -0.2) is 19.9 Å². The van der Waals surface area contributed by atoms with Crippen LogP contribution < -0.4 is 11.1 Å². The number of aromatic nitrogens is 5. The molecule has 24 heavy (non-hydrogen) atoms. The predicted octanol–water partition coefficient (Wildman–Crippen LogP) is 2.75. The molecule has 0 saturated carbocycles. The van der Waals surface area contributed by atoms with Gasteiger partial charge in [0, 0.05) is 36.8 Å². The first-order chi connectivity index (χ1) is 11.6. The van der Waals surface area contributed by atoms with Crippen LogP contribution in [0.25, 0.3) is 10.8 Å². The molecule has 3 heterocycles. The van der Waals surface area contributed by atoms with E-state index in [1.54, 1.807) is 29.8 Å². The number of nitrogen functional groups attached to an aromatic ring is 1. The second-order valence-electron chi connectivity index (χ2n) is 5.58. The van der Waals surface area contributed by atoms with Crippen molar-refractivity contribution in [1.82, 2.24) is 24.9 Å². The molecule has 0 amide bonds. The van der Waals surface area contributed by atoms with Gasteiger partial charge in [-0.05, 0) is 12.0 Å². The Balaban J connectivity index is 1.60. The highest BCUT2D eigenvalue weighted by molar-refractivity contribution is 7.13. The Morgan fingerprint density at radius 3 is 2.71 bits per heavy atom. The summed E-state index contributed by atoms with van der Waals surface area (Å²) in [6, 6.07) is 3.73. The zero-order chi connectivity index (χ0) is 16.9. The van der Waals surface area contributed by atoms with E-state index in [-0.39, 0.29) is 0 Å². The van der Waals surface area contributed by atoms with Crippen LogP contribution in [0.2, 0.25) is 0 Å². The van der Waals surface area contributed by atoms with Gasteiger partial charge in [0.25, 0.3) is 0 Å². The van der Waals surface area contributed by atoms with E-state index in [0.717, 1.165) is 28.6 Å². The van der Waals surface area contributed by atoms with Crippen molar-refractivity contribution in [3.8, 4) is 10.8 Å². The Morgan fingerprint density at radius 2 is 1.96 bits per heavy atom. The molecule has 0 bridgehead atoms. The largest absolute Gasteiger partial charge is 0.370 e. The average Bonchev–Trinajstić information content (AvgIpc) is 3.04. The Kier molecular flexibility index (Phi) is 4.95. The molecule has 0 atom stereocenters. The van der Waals surface area contributed by atoms with E-state index < -0.39 is 0 Å². The molecule has 0 unspecified atom stereocenters. The molecule has 0 aliphatic rings. The van der Waals surface area contributed by atoms with Gasteiger partial charge in [-0.2, -0.15) is 4.98 Å². The first-order valence-corrected chi connectivity index (χ1v) is 8.60. The van der Waals surface area contributed by atoms with Crippen LogP contribution in [0.3, 0.4) is 0 Å². The maximum Gasteiger partial charge on any atom is 0.222 e. The van der Waals surface area contributed by atoms with E-state index in [1.165, 1.54) is 0 Å². The highest BCUT2D eigenvalue weighted by atomic mass is 32.1. The molecular formula is C16H19N7S. The summed E-state index contributed by atoms with van der Waals surface area (Å²) in [5.41, 5.74) is 7.69. The topological polar surface area (TPSA) is 102 Å². The Labute approximate surface area is 144 Å². The second-order valence-corrected chi connectivity index (χ2v) is 6.44. The van der Waals surface area contributed by atoms with Crippen molar-refractivity contribution in [2.45, 2.75) is 26.2 Å². The maximum absolute atomic E-state index is 5.76. The molecule has 0 saturated heterocycles. The summed E-state index contributed by atoms with van der Waals surface area (Å²) < 4.78 is 0. The number of thiazole rings is 1. The lowest BCUT2D eigenvalue weighted by Crippen LogP contribution is -2.10. The number of nitrogens with two attached hydrogens (primary N) is 1. The van der Waals surface area contributed by atoms with Crippen LogP contribution in [0.15, 0.2) is 29.9 Å². The lowest BCUT2D eigenvalue weighted by molar-refractivity contribution is 0.817. The summed E-state index contributed by atoms with van der Waals surface area (Å²) in [5.74, 6) is 2.00. The van der Waals surface area contributed by atoms with E-state index in [0.29, 0.717) is 24.2 Å². The summed E-state index contributed by atoms with van der Waals surface area (Å²) in [6.07, 6.45) is 4.22. The minimum absolute atomic E-state index is 0.292. The van der Waals surface area contributed by atoms with Crippen LogP contribution in [0.1, 0.15) is 31.2 Å². The zero-order valence-corrected chi connectivity index (χ0v) is 14.4. The summed E-state index contributed by atoms with van der Waals surface area (Å²) >= 11 is 1.55. The Bertz CT molecular complexity index is 801. The molecule has 3 N–H and O–H groups in total. The van der Waals surface area contributed by atoms with Crippen molar-refractivity contribution < 1.29 is 0 Å². The third-order valence-corrected chi connectivity index (χ3v) is 4.24. The molecule has 3 aromatic heterocycles. The Hall–Kier alpha value is -2.61. The fourth-order valence-electron chi connectivity index (χ4n) is 2.12. The van der Waals surface area contributed by atoms with Gasteiger partial charge in [-0.15, -0.1) is 11.3 Å². The van der Waals surface area contributed by atoms with Gasteiger partial charge in [0.2, 0.25) is 5.95 Å². The molecule has 3 aromatic rings.